The molecule has 2 heteroatoms. The predicted octanol–water partition coefficient (Wildman–Crippen LogP) is 2.64. The first-order chi connectivity index (χ1) is 7.85. The molecule has 16 heavy (non-hydrogen) atoms. The van der Waals surface area contributed by atoms with Gasteiger partial charge in [-0.2, -0.15) is 0 Å². The third-order valence-corrected chi connectivity index (χ3v) is 4.51. The first kappa shape index (κ1) is 12.4. The number of rotatable bonds is 5. The second-order valence-corrected chi connectivity index (χ2v) is 5.64. The van der Waals surface area contributed by atoms with Crippen LogP contribution in [0.3, 0.4) is 0 Å². The van der Waals surface area contributed by atoms with Gasteiger partial charge in [0.25, 0.3) is 0 Å². The minimum atomic E-state index is 0.848. The molecule has 1 saturated carbocycles. The molecule has 1 heterocycles. The summed E-state index contributed by atoms with van der Waals surface area (Å²) in [5.74, 6) is 1.01. The minimum absolute atomic E-state index is 0.848. The Kier molecular flexibility index (Phi) is 4.66. The monoisotopic (exact) mass is 224 g/mol. The highest BCUT2D eigenvalue weighted by Crippen LogP contribution is 2.31. The van der Waals surface area contributed by atoms with E-state index in [0.29, 0.717) is 0 Å². The van der Waals surface area contributed by atoms with Crippen LogP contribution in [0.15, 0.2) is 0 Å². The van der Waals surface area contributed by atoms with Crippen LogP contribution < -0.4 is 5.32 Å². The highest BCUT2D eigenvalue weighted by Gasteiger charge is 2.32. The summed E-state index contributed by atoms with van der Waals surface area (Å²) >= 11 is 0. The number of hydrogen-bond donors (Lipinski definition) is 1. The molecule has 0 bridgehead atoms. The van der Waals surface area contributed by atoms with Gasteiger partial charge in [-0.05, 0) is 31.7 Å². The summed E-state index contributed by atoms with van der Waals surface area (Å²) in [5, 5.41) is 3.42. The molecule has 1 saturated heterocycles. The Morgan fingerprint density at radius 3 is 2.50 bits per heavy atom. The largest absolute Gasteiger partial charge is 0.314 e. The fraction of sp³-hybridized carbons (Fsp3) is 1.00. The molecule has 0 amide bonds. The zero-order valence-corrected chi connectivity index (χ0v) is 11.0. The van der Waals surface area contributed by atoms with Crippen LogP contribution in [0.1, 0.15) is 52.4 Å². The molecule has 0 aromatic carbocycles. The lowest BCUT2D eigenvalue weighted by molar-refractivity contribution is 0.0587. The molecular weight excluding hydrogens is 196 g/mol. The number of nitrogens with zero attached hydrogens (tertiary/aromatic N) is 1. The van der Waals surface area contributed by atoms with Crippen molar-refractivity contribution in [3.63, 3.8) is 0 Å². The Hall–Kier alpha value is -0.0800. The maximum Gasteiger partial charge on any atom is 0.0348 e. The van der Waals surface area contributed by atoms with Gasteiger partial charge in [-0.1, -0.05) is 33.1 Å². The fourth-order valence-electron chi connectivity index (χ4n) is 3.36. The molecule has 2 nitrogen and oxygen atoms in total. The Labute approximate surface area is 101 Å². The van der Waals surface area contributed by atoms with Crippen LogP contribution in [0.5, 0.6) is 0 Å². The van der Waals surface area contributed by atoms with Crippen molar-refractivity contribution in [2.24, 2.45) is 5.92 Å². The Morgan fingerprint density at radius 1 is 1.12 bits per heavy atom. The lowest BCUT2D eigenvalue weighted by Crippen LogP contribution is -2.60. The summed E-state index contributed by atoms with van der Waals surface area (Å²) in [7, 11) is 0. The van der Waals surface area contributed by atoms with Crippen LogP contribution in [0, 0.1) is 5.92 Å². The van der Waals surface area contributed by atoms with Gasteiger partial charge in [0.15, 0.2) is 0 Å². The van der Waals surface area contributed by atoms with Gasteiger partial charge < -0.3 is 5.32 Å². The highest BCUT2D eigenvalue weighted by atomic mass is 15.3. The van der Waals surface area contributed by atoms with Crippen molar-refractivity contribution in [2.45, 2.75) is 64.5 Å². The first-order valence-corrected chi connectivity index (χ1v) is 7.31. The predicted molar refractivity (Wildman–Crippen MR) is 69.7 cm³/mol. The third kappa shape index (κ3) is 2.78. The van der Waals surface area contributed by atoms with Gasteiger partial charge >= 0.3 is 0 Å². The molecule has 1 N–H and O–H groups in total. The molecule has 2 aliphatic rings. The van der Waals surface area contributed by atoms with E-state index in [9.17, 15) is 0 Å². The maximum atomic E-state index is 3.42. The molecule has 0 spiro atoms. The summed E-state index contributed by atoms with van der Waals surface area (Å²) in [6, 6.07) is 1.74. The van der Waals surface area contributed by atoms with Gasteiger partial charge in [0.2, 0.25) is 0 Å². The molecule has 2 rings (SSSR count). The zero-order chi connectivity index (χ0) is 11.4. The summed E-state index contributed by atoms with van der Waals surface area (Å²) in [4.78, 5) is 2.82. The molecule has 94 valence electrons. The SMILES string of the molecule is CCCN(C1CNC1)C1CCCC(CC)C1. The van der Waals surface area contributed by atoms with E-state index < -0.39 is 0 Å². The van der Waals surface area contributed by atoms with Gasteiger partial charge in [-0.15, -0.1) is 0 Å². The van der Waals surface area contributed by atoms with E-state index in [-0.39, 0.29) is 0 Å². The van der Waals surface area contributed by atoms with E-state index in [1.807, 2.05) is 0 Å². The average molecular weight is 224 g/mol. The topological polar surface area (TPSA) is 15.3 Å². The Morgan fingerprint density at radius 2 is 1.94 bits per heavy atom. The van der Waals surface area contributed by atoms with Gasteiger partial charge in [-0.3, -0.25) is 4.90 Å². The van der Waals surface area contributed by atoms with Crippen LogP contribution in [0.25, 0.3) is 0 Å². The second kappa shape index (κ2) is 6.02. The first-order valence-electron chi connectivity index (χ1n) is 7.31. The van der Waals surface area contributed by atoms with Crippen molar-refractivity contribution in [2.75, 3.05) is 19.6 Å². The molecule has 2 atom stereocenters. The quantitative estimate of drug-likeness (QED) is 0.772. The van der Waals surface area contributed by atoms with Crippen molar-refractivity contribution >= 4 is 0 Å². The van der Waals surface area contributed by atoms with Crippen LogP contribution in [-0.4, -0.2) is 36.6 Å². The lowest BCUT2D eigenvalue weighted by atomic mass is 9.82. The zero-order valence-electron chi connectivity index (χ0n) is 11.0. The molecular formula is C14H28N2. The maximum absolute atomic E-state index is 3.42. The third-order valence-electron chi connectivity index (χ3n) is 4.51. The van der Waals surface area contributed by atoms with Crippen molar-refractivity contribution < 1.29 is 0 Å². The summed E-state index contributed by atoms with van der Waals surface area (Å²) in [6.07, 6.45) is 8.56. The van der Waals surface area contributed by atoms with Crippen molar-refractivity contribution in [3.8, 4) is 0 Å². The van der Waals surface area contributed by atoms with Gasteiger partial charge in [-0.25, -0.2) is 0 Å². The van der Waals surface area contributed by atoms with E-state index in [2.05, 4.69) is 24.1 Å². The van der Waals surface area contributed by atoms with E-state index in [4.69, 9.17) is 0 Å². The fourth-order valence-corrected chi connectivity index (χ4v) is 3.36. The average Bonchev–Trinajstić information content (AvgIpc) is 2.26. The molecule has 1 aliphatic carbocycles. The van der Waals surface area contributed by atoms with Crippen molar-refractivity contribution in [1.82, 2.24) is 10.2 Å². The van der Waals surface area contributed by atoms with E-state index in [1.165, 1.54) is 58.2 Å². The molecule has 0 aromatic heterocycles. The molecule has 2 unspecified atom stereocenters. The number of hydrogen-bond acceptors (Lipinski definition) is 2. The smallest absolute Gasteiger partial charge is 0.0348 e. The normalized spacial score (nSPS) is 31.7. The van der Waals surface area contributed by atoms with Gasteiger partial charge in [0, 0.05) is 25.2 Å². The van der Waals surface area contributed by atoms with Crippen LogP contribution >= 0.6 is 0 Å². The van der Waals surface area contributed by atoms with Crippen LogP contribution in [-0.2, 0) is 0 Å². The lowest BCUT2D eigenvalue weighted by Gasteiger charge is -2.45. The molecule has 1 aliphatic heterocycles. The standard InChI is InChI=1S/C14H28N2/c1-3-8-16(14-10-15-11-14)13-7-5-6-12(4-2)9-13/h12-15H,3-11H2,1-2H3. The van der Waals surface area contributed by atoms with Crippen molar-refractivity contribution in [1.29, 1.82) is 0 Å². The van der Waals surface area contributed by atoms with E-state index >= 15 is 0 Å². The molecule has 0 aromatic rings. The van der Waals surface area contributed by atoms with Gasteiger partial charge in [0.1, 0.15) is 0 Å². The Balaban J connectivity index is 1.90. The Bertz CT molecular complexity index is 201. The summed E-state index contributed by atoms with van der Waals surface area (Å²) in [6.45, 7) is 8.45. The van der Waals surface area contributed by atoms with E-state index in [0.717, 1.165) is 18.0 Å². The summed E-state index contributed by atoms with van der Waals surface area (Å²) in [5.41, 5.74) is 0. The van der Waals surface area contributed by atoms with Crippen LogP contribution in [0.2, 0.25) is 0 Å². The second-order valence-electron chi connectivity index (χ2n) is 5.64. The molecule has 2 fully saturated rings. The highest BCUT2D eigenvalue weighted by molar-refractivity contribution is 4.90. The van der Waals surface area contributed by atoms with Crippen molar-refractivity contribution in [3.05, 3.63) is 0 Å². The van der Waals surface area contributed by atoms with Gasteiger partial charge in [0.05, 0.1) is 0 Å². The molecule has 0 radical (unpaired) electrons. The summed E-state index contributed by atoms with van der Waals surface area (Å²) < 4.78 is 0. The minimum Gasteiger partial charge on any atom is -0.314 e. The van der Waals surface area contributed by atoms with E-state index in [1.54, 1.807) is 0 Å². The number of nitrogens with one attached hydrogen (secondary N) is 1. The van der Waals surface area contributed by atoms with Crippen LogP contribution in [0.4, 0.5) is 0 Å².